The number of hydrogen-bond acceptors (Lipinski definition) is 3. The first-order chi connectivity index (χ1) is 8.26. The van der Waals surface area contributed by atoms with Crippen molar-refractivity contribution in [3.05, 3.63) is 35.2 Å². The van der Waals surface area contributed by atoms with Gasteiger partial charge in [-0.2, -0.15) is 0 Å². The van der Waals surface area contributed by atoms with Crippen LogP contribution in [0.15, 0.2) is 24.3 Å². The number of aromatic nitrogens is 2. The van der Waals surface area contributed by atoms with Gasteiger partial charge in [-0.05, 0) is 12.1 Å². The molecule has 90 valence electrons. The van der Waals surface area contributed by atoms with E-state index < -0.39 is 0 Å². The number of imidazole rings is 1. The van der Waals surface area contributed by atoms with Crippen molar-refractivity contribution in [2.75, 3.05) is 13.7 Å². The van der Waals surface area contributed by atoms with Crippen molar-refractivity contribution in [1.82, 2.24) is 9.97 Å². The minimum absolute atomic E-state index is 0.0369. The van der Waals surface area contributed by atoms with Gasteiger partial charge in [0, 0.05) is 12.0 Å². The molecule has 2 rings (SSSR count). The molecule has 0 radical (unpaired) electrons. The second kappa shape index (κ2) is 5.21. The predicted octanol–water partition coefficient (Wildman–Crippen LogP) is 2.27. The molecule has 4 nitrogen and oxygen atoms in total. The Balaban J connectivity index is 2.45. The summed E-state index contributed by atoms with van der Waals surface area (Å²) >= 11 is 6.09. The van der Waals surface area contributed by atoms with E-state index in [-0.39, 0.29) is 6.61 Å². The fourth-order valence-corrected chi connectivity index (χ4v) is 1.89. The lowest BCUT2D eigenvalue weighted by molar-refractivity contribution is 0.297. The first kappa shape index (κ1) is 12.0. The van der Waals surface area contributed by atoms with E-state index in [1.165, 1.54) is 0 Å². The molecule has 0 aliphatic heterocycles. The van der Waals surface area contributed by atoms with E-state index in [1.807, 2.05) is 24.3 Å². The summed E-state index contributed by atoms with van der Waals surface area (Å²) in [4.78, 5) is 7.29. The van der Waals surface area contributed by atoms with E-state index in [0.717, 1.165) is 11.3 Å². The Morgan fingerprint density at radius 2 is 2.18 bits per heavy atom. The Bertz CT molecular complexity index is 511. The maximum Gasteiger partial charge on any atom is 0.134 e. The molecule has 0 amide bonds. The molecule has 0 bridgehead atoms. The summed E-state index contributed by atoms with van der Waals surface area (Å²) in [6, 6.07) is 7.53. The standard InChI is InChI=1S/C12H13ClN2O2/c1-17-9-5-3-2-4-8(9)11-12(13)15-10(14-11)6-7-16/h2-5,16H,6-7H2,1H3,(H,14,15). The number of ether oxygens (including phenoxy) is 1. The Kier molecular flexibility index (Phi) is 3.66. The molecule has 0 saturated heterocycles. The van der Waals surface area contributed by atoms with Crippen molar-refractivity contribution in [3.8, 4) is 17.0 Å². The average Bonchev–Trinajstić information content (AvgIpc) is 2.70. The molecule has 0 spiro atoms. The molecule has 2 N–H and O–H groups in total. The van der Waals surface area contributed by atoms with Crippen LogP contribution in [-0.4, -0.2) is 28.8 Å². The van der Waals surface area contributed by atoms with Crippen LogP contribution >= 0.6 is 11.6 Å². The van der Waals surface area contributed by atoms with Crippen molar-refractivity contribution < 1.29 is 9.84 Å². The molecule has 0 unspecified atom stereocenters. The molecule has 1 heterocycles. The Labute approximate surface area is 104 Å². The number of rotatable bonds is 4. The van der Waals surface area contributed by atoms with Crippen molar-refractivity contribution in [2.45, 2.75) is 6.42 Å². The zero-order valence-electron chi connectivity index (χ0n) is 9.40. The van der Waals surface area contributed by atoms with Gasteiger partial charge in [0.1, 0.15) is 22.4 Å². The van der Waals surface area contributed by atoms with Gasteiger partial charge in [0.25, 0.3) is 0 Å². The SMILES string of the molecule is COc1ccccc1-c1nc(CCO)[nH]c1Cl. The molecule has 0 aliphatic rings. The Hall–Kier alpha value is -1.52. The lowest BCUT2D eigenvalue weighted by Gasteiger charge is -2.05. The summed E-state index contributed by atoms with van der Waals surface area (Å²) in [6.07, 6.45) is 0.453. The van der Waals surface area contributed by atoms with Crippen LogP contribution in [0, 0.1) is 0 Å². The smallest absolute Gasteiger partial charge is 0.134 e. The third-order valence-corrected chi connectivity index (χ3v) is 2.69. The zero-order chi connectivity index (χ0) is 12.3. The lowest BCUT2D eigenvalue weighted by Crippen LogP contribution is -1.92. The van der Waals surface area contributed by atoms with Crippen molar-refractivity contribution >= 4 is 11.6 Å². The van der Waals surface area contributed by atoms with Crippen molar-refractivity contribution in [3.63, 3.8) is 0 Å². The predicted molar refractivity (Wildman–Crippen MR) is 66.4 cm³/mol. The molecule has 1 aromatic carbocycles. The number of nitrogens with zero attached hydrogens (tertiary/aromatic N) is 1. The number of nitrogens with one attached hydrogen (secondary N) is 1. The van der Waals surface area contributed by atoms with Gasteiger partial charge in [-0.1, -0.05) is 23.7 Å². The van der Waals surface area contributed by atoms with Crippen molar-refractivity contribution in [2.24, 2.45) is 0 Å². The van der Waals surface area contributed by atoms with Crippen LogP contribution in [0.2, 0.25) is 5.15 Å². The van der Waals surface area contributed by atoms with E-state index in [9.17, 15) is 0 Å². The monoisotopic (exact) mass is 252 g/mol. The van der Waals surface area contributed by atoms with Crippen LogP contribution in [0.3, 0.4) is 0 Å². The molecule has 17 heavy (non-hydrogen) atoms. The van der Waals surface area contributed by atoms with Crippen LogP contribution in [-0.2, 0) is 6.42 Å². The lowest BCUT2D eigenvalue weighted by atomic mass is 10.1. The number of methoxy groups -OCH3 is 1. The van der Waals surface area contributed by atoms with Gasteiger partial charge in [-0.3, -0.25) is 0 Å². The summed E-state index contributed by atoms with van der Waals surface area (Å²) in [7, 11) is 1.61. The molecular weight excluding hydrogens is 240 g/mol. The van der Waals surface area contributed by atoms with Gasteiger partial charge in [0.05, 0.1) is 13.7 Å². The summed E-state index contributed by atoms with van der Waals surface area (Å²) in [6.45, 7) is 0.0369. The van der Waals surface area contributed by atoms with Crippen LogP contribution in [0.1, 0.15) is 5.82 Å². The maximum absolute atomic E-state index is 8.86. The molecule has 0 aliphatic carbocycles. The second-order valence-electron chi connectivity index (χ2n) is 3.52. The van der Waals surface area contributed by atoms with Gasteiger partial charge in [-0.15, -0.1) is 0 Å². The van der Waals surface area contributed by atoms with E-state index in [1.54, 1.807) is 7.11 Å². The topological polar surface area (TPSA) is 58.1 Å². The van der Waals surface area contributed by atoms with Gasteiger partial charge in [0.2, 0.25) is 0 Å². The van der Waals surface area contributed by atoms with E-state index in [2.05, 4.69) is 9.97 Å². The molecule has 0 saturated carbocycles. The highest BCUT2D eigenvalue weighted by molar-refractivity contribution is 6.32. The number of hydrogen-bond donors (Lipinski definition) is 2. The van der Waals surface area contributed by atoms with Gasteiger partial charge in [-0.25, -0.2) is 4.98 Å². The third kappa shape index (κ3) is 2.43. The maximum atomic E-state index is 8.86. The van der Waals surface area contributed by atoms with E-state index in [0.29, 0.717) is 23.1 Å². The summed E-state index contributed by atoms with van der Waals surface area (Å²) in [5, 5.41) is 9.32. The molecular formula is C12H13ClN2O2. The highest BCUT2D eigenvalue weighted by Crippen LogP contribution is 2.32. The minimum Gasteiger partial charge on any atom is -0.496 e. The second-order valence-corrected chi connectivity index (χ2v) is 3.90. The number of H-pyrrole nitrogens is 1. The van der Waals surface area contributed by atoms with Crippen molar-refractivity contribution in [1.29, 1.82) is 0 Å². The third-order valence-electron chi connectivity index (χ3n) is 2.42. The van der Waals surface area contributed by atoms with Gasteiger partial charge in [0.15, 0.2) is 0 Å². The molecule has 5 heteroatoms. The highest BCUT2D eigenvalue weighted by atomic mass is 35.5. The fourth-order valence-electron chi connectivity index (χ4n) is 1.64. The van der Waals surface area contributed by atoms with E-state index in [4.69, 9.17) is 21.4 Å². The zero-order valence-corrected chi connectivity index (χ0v) is 10.2. The first-order valence-corrected chi connectivity index (χ1v) is 5.62. The molecule has 1 aromatic heterocycles. The Morgan fingerprint density at radius 1 is 1.41 bits per heavy atom. The van der Waals surface area contributed by atoms with Crippen LogP contribution in [0.5, 0.6) is 5.75 Å². The van der Waals surface area contributed by atoms with Crippen LogP contribution < -0.4 is 4.74 Å². The number of halogens is 1. The summed E-state index contributed by atoms with van der Waals surface area (Å²) in [5.41, 5.74) is 1.48. The fraction of sp³-hybridized carbons (Fsp3) is 0.250. The molecule has 2 aromatic rings. The van der Waals surface area contributed by atoms with Crippen LogP contribution in [0.25, 0.3) is 11.3 Å². The quantitative estimate of drug-likeness (QED) is 0.878. The van der Waals surface area contributed by atoms with Gasteiger partial charge < -0.3 is 14.8 Å². The van der Waals surface area contributed by atoms with E-state index >= 15 is 0 Å². The number of aromatic amines is 1. The van der Waals surface area contributed by atoms with Gasteiger partial charge >= 0.3 is 0 Å². The van der Waals surface area contributed by atoms with Crippen LogP contribution in [0.4, 0.5) is 0 Å². The highest BCUT2D eigenvalue weighted by Gasteiger charge is 2.13. The summed E-state index contributed by atoms with van der Waals surface area (Å²) in [5.74, 6) is 1.38. The number of benzene rings is 1. The molecule has 0 atom stereocenters. The largest absolute Gasteiger partial charge is 0.496 e. The average molecular weight is 253 g/mol. The summed E-state index contributed by atoms with van der Waals surface area (Å²) < 4.78 is 5.26. The number of aliphatic hydroxyl groups excluding tert-OH is 1. The Morgan fingerprint density at radius 3 is 2.88 bits per heavy atom. The number of aliphatic hydroxyl groups is 1. The molecule has 0 fully saturated rings. The number of para-hydroxylation sites is 1. The minimum atomic E-state index is 0.0369. The normalized spacial score (nSPS) is 10.5. The first-order valence-electron chi connectivity index (χ1n) is 5.25.